The number of hydrogen-bond acceptors (Lipinski definition) is 1. The van der Waals surface area contributed by atoms with Crippen molar-refractivity contribution in [3.63, 3.8) is 0 Å². The number of benzene rings is 3. The second-order valence-electron chi connectivity index (χ2n) is 6.30. The molecule has 0 bridgehead atoms. The van der Waals surface area contributed by atoms with Gasteiger partial charge in [0.25, 0.3) is 0 Å². The molecule has 27 heavy (non-hydrogen) atoms. The lowest BCUT2D eigenvalue weighted by molar-refractivity contribution is -0.115. The van der Waals surface area contributed by atoms with Gasteiger partial charge in [-0.2, -0.15) is 0 Å². The first-order chi connectivity index (χ1) is 13.2. The monoisotopic (exact) mass is 372 g/mol. The Kier molecular flexibility index (Phi) is 6.78. The molecule has 2 heteroatoms. The van der Waals surface area contributed by atoms with E-state index in [1.54, 1.807) is 6.08 Å². The van der Waals surface area contributed by atoms with Crippen molar-refractivity contribution < 1.29 is 4.79 Å². The highest BCUT2D eigenvalue weighted by molar-refractivity contribution is 6.30. The molecular weight excluding hydrogens is 352 g/mol. The van der Waals surface area contributed by atoms with Crippen LogP contribution in [0.5, 0.6) is 0 Å². The van der Waals surface area contributed by atoms with E-state index >= 15 is 0 Å². The summed E-state index contributed by atoms with van der Waals surface area (Å²) in [6.45, 7) is 0. The number of halogens is 1. The van der Waals surface area contributed by atoms with Crippen LogP contribution in [0, 0.1) is 0 Å². The largest absolute Gasteiger partial charge is 0.294 e. The normalized spacial score (nSPS) is 12.5. The third-order valence-electron chi connectivity index (χ3n) is 4.34. The molecule has 0 aliphatic heterocycles. The Morgan fingerprint density at radius 1 is 0.778 bits per heavy atom. The molecule has 0 aliphatic carbocycles. The van der Waals surface area contributed by atoms with E-state index in [9.17, 15) is 4.79 Å². The second kappa shape index (κ2) is 9.70. The molecule has 0 spiro atoms. The van der Waals surface area contributed by atoms with Gasteiger partial charge in [0, 0.05) is 5.02 Å². The van der Waals surface area contributed by atoms with Gasteiger partial charge in [-0.15, -0.1) is 0 Å². The van der Waals surface area contributed by atoms with E-state index < -0.39 is 0 Å². The first-order valence-electron chi connectivity index (χ1n) is 8.96. The van der Waals surface area contributed by atoms with Crippen LogP contribution in [0.1, 0.15) is 29.0 Å². The van der Waals surface area contributed by atoms with E-state index in [1.807, 2.05) is 78.9 Å². The summed E-state index contributed by atoms with van der Waals surface area (Å²) >= 11 is 5.91. The molecule has 0 fully saturated rings. The van der Waals surface area contributed by atoms with Gasteiger partial charge >= 0.3 is 0 Å². The van der Waals surface area contributed by atoms with Crippen LogP contribution in [-0.4, -0.2) is 5.78 Å². The standard InChI is InChI=1S/C25H21ClO/c26-23-17-14-21(15-18-23)16-19-25(27)24(22-11-5-2-6-12-22)13-7-10-20-8-3-1-4-9-20/h1-12,14-19,24H,13H2. The summed E-state index contributed by atoms with van der Waals surface area (Å²) < 4.78 is 0. The van der Waals surface area contributed by atoms with Crippen molar-refractivity contribution >= 4 is 29.5 Å². The third kappa shape index (κ3) is 5.80. The van der Waals surface area contributed by atoms with Crippen molar-refractivity contribution in [3.8, 4) is 0 Å². The fourth-order valence-electron chi connectivity index (χ4n) is 2.87. The Labute approximate surface area is 165 Å². The van der Waals surface area contributed by atoms with E-state index in [4.69, 9.17) is 11.6 Å². The van der Waals surface area contributed by atoms with Crippen molar-refractivity contribution in [1.29, 1.82) is 0 Å². The quantitative estimate of drug-likeness (QED) is 0.416. The molecular formula is C25H21ClO. The fourth-order valence-corrected chi connectivity index (χ4v) is 3.00. The van der Waals surface area contributed by atoms with Gasteiger partial charge in [-0.05, 0) is 41.3 Å². The molecule has 0 aromatic heterocycles. The first-order valence-corrected chi connectivity index (χ1v) is 9.34. The van der Waals surface area contributed by atoms with Crippen LogP contribution in [0.3, 0.4) is 0 Å². The van der Waals surface area contributed by atoms with E-state index in [1.165, 1.54) is 0 Å². The minimum atomic E-state index is -0.199. The molecule has 0 saturated carbocycles. The average molecular weight is 373 g/mol. The highest BCUT2D eigenvalue weighted by atomic mass is 35.5. The van der Waals surface area contributed by atoms with E-state index in [-0.39, 0.29) is 11.7 Å². The maximum atomic E-state index is 12.9. The number of ketones is 1. The van der Waals surface area contributed by atoms with Crippen molar-refractivity contribution in [2.75, 3.05) is 0 Å². The van der Waals surface area contributed by atoms with Crippen molar-refractivity contribution in [1.82, 2.24) is 0 Å². The molecule has 0 amide bonds. The smallest absolute Gasteiger partial charge is 0.163 e. The molecule has 0 aliphatic rings. The summed E-state index contributed by atoms with van der Waals surface area (Å²) in [7, 11) is 0. The van der Waals surface area contributed by atoms with Gasteiger partial charge in [-0.3, -0.25) is 4.79 Å². The molecule has 134 valence electrons. The minimum absolute atomic E-state index is 0.0915. The van der Waals surface area contributed by atoms with Crippen LogP contribution in [0.2, 0.25) is 5.02 Å². The molecule has 0 saturated heterocycles. The zero-order valence-electron chi connectivity index (χ0n) is 15.0. The SMILES string of the molecule is O=C(C=Cc1ccc(Cl)cc1)C(CC=Cc1ccccc1)c1ccccc1. The van der Waals surface area contributed by atoms with Gasteiger partial charge < -0.3 is 0 Å². The topological polar surface area (TPSA) is 17.1 Å². The molecule has 0 N–H and O–H groups in total. The summed E-state index contributed by atoms with van der Waals surface area (Å²) in [6.07, 6.45) is 8.29. The second-order valence-corrected chi connectivity index (χ2v) is 6.74. The van der Waals surface area contributed by atoms with Crippen molar-refractivity contribution in [2.24, 2.45) is 0 Å². The lowest BCUT2D eigenvalue weighted by Crippen LogP contribution is -2.09. The molecule has 3 aromatic carbocycles. The zero-order valence-corrected chi connectivity index (χ0v) is 15.7. The fraction of sp³-hybridized carbons (Fsp3) is 0.0800. The van der Waals surface area contributed by atoms with Crippen LogP contribution >= 0.6 is 11.6 Å². The number of carbonyl (C=O) groups excluding carboxylic acids is 1. The highest BCUT2D eigenvalue weighted by Gasteiger charge is 2.16. The van der Waals surface area contributed by atoms with Crippen LogP contribution in [-0.2, 0) is 4.79 Å². The molecule has 0 heterocycles. The maximum absolute atomic E-state index is 12.9. The first kappa shape index (κ1) is 18.9. The minimum Gasteiger partial charge on any atom is -0.294 e. The Balaban J connectivity index is 1.76. The predicted octanol–water partition coefficient (Wildman–Crippen LogP) is 6.81. The summed E-state index contributed by atoms with van der Waals surface area (Å²) in [5, 5.41) is 0.687. The Hall–Kier alpha value is -2.90. The molecule has 3 rings (SSSR count). The predicted molar refractivity (Wildman–Crippen MR) is 115 cm³/mol. The maximum Gasteiger partial charge on any atom is 0.163 e. The van der Waals surface area contributed by atoms with Crippen molar-refractivity contribution in [2.45, 2.75) is 12.3 Å². The van der Waals surface area contributed by atoms with Gasteiger partial charge in [0.2, 0.25) is 0 Å². The number of carbonyl (C=O) groups is 1. The molecule has 0 radical (unpaired) electrons. The van der Waals surface area contributed by atoms with Crippen LogP contribution in [0.15, 0.2) is 97.1 Å². The van der Waals surface area contributed by atoms with Gasteiger partial charge in [-0.25, -0.2) is 0 Å². The van der Waals surface area contributed by atoms with Crippen LogP contribution < -0.4 is 0 Å². The van der Waals surface area contributed by atoms with Gasteiger partial charge in [0.05, 0.1) is 5.92 Å². The number of rotatable bonds is 7. The van der Waals surface area contributed by atoms with E-state index in [2.05, 4.69) is 24.3 Å². The summed E-state index contributed by atoms with van der Waals surface area (Å²) in [6, 6.07) is 27.5. The van der Waals surface area contributed by atoms with Gasteiger partial charge in [-0.1, -0.05) is 103 Å². The average Bonchev–Trinajstić information content (AvgIpc) is 2.72. The summed E-state index contributed by atoms with van der Waals surface area (Å²) in [5.41, 5.74) is 3.12. The lowest BCUT2D eigenvalue weighted by atomic mass is 9.90. The van der Waals surface area contributed by atoms with E-state index in [0.717, 1.165) is 16.7 Å². The van der Waals surface area contributed by atoms with Crippen LogP contribution in [0.25, 0.3) is 12.2 Å². The number of allylic oxidation sites excluding steroid dienone is 2. The zero-order chi connectivity index (χ0) is 18.9. The highest BCUT2D eigenvalue weighted by Crippen LogP contribution is 2.23. The van der Waals surface area contributed by atoms with Crippen LogP contribution in [0.4, 0.5) is 0 Å². The molecule has 3 aromatic rings. The summed E-state index contributed by atoms with van der Waals surface area (Å²) in [5.74, 6) is -0.108. The Bertz CT molecular complexity index is 910. The van der Waals surface area contributed by atoms with E-state index in [0.29, 0.717) is 11.4 Å². The third-order valence-corrected chi connectivity index (χ3v) is 4.59. The number of hydrogen-bond donors (Lipinski definition) is 0. The molecule has 1 atom stereocenters. The Morgan fingerprint density at radius 2 is 1.37 bits per heavy atom. The Morgan fingerprint density at radius 3 is 2.04 bits per heavy atom. The lowest BCUT2D eigenvalue weighted by Gasteiger charge is -2.12. The molecule has 1 unspecified atom stereocenters. The van der Waals surface area contributed by atoms with Gasteiger partial charge in [0.15, 0.2) is 5.78 Å². The molecule has 1 nitrogen and oxygen atoms in total. The van der Waals surface area contributed by atoms with Crippen molar-refractivity contribution in [3.05, 3.63) is 119 Å². The van der Waals surface area contributed by atoms with Gasteiger partial charge in [0.1, 0.15) is 0 Å². The summed E-state index contributed by atoms with van der Waals surface area (Å²) in [4.78, 5) is 12.9.